The maximum atomic E-state index is 16.4. The number of ether oxygens (including phenoxy) is 4. The number of aliphatic hydroxyl groups is 2. The lowest BCUT2D eigenvalue weighted by molar-refractivity contribution is -0.178. The van der Waals surface area contributed by atoms with Crippen molar-refractivity contribution < 1.29 is 48.3 Å². The van der Waals surface area contributed by atoms with E-state index in [1.54, 1.807) is 48.7 Å². The molecule has 356 valence electrons. The second kappa shape index (κ2) is 20.8. The summed E-state index contributed by atoms with van der Waals surface area (Å²) in [5.41, 5.74) is 0.161. The highest BCUT2D eigenvalue weighted by atomic mass is 16.6. The van der Waals surface area contributed by atoms with Gasteiger partial charge in [0.1, 0.15) is 42.1 Å². The number of rotatable bonds is 13. The topological polar surface area (TPSA) is 177 Å². The fourth-order valence-electron chi connectivity index (χ4n) is 10.8. The summed E-state index contributed by atoms with van der Waals surface area (Å²) in [5.74, 6) is 3.04. The van der Waals surface area contributed by atoms with Crippen LogP contribution in [-0.2, 0) is 40.4 Å². The van der Waals surface area contributed by atoms with E-state index in [0.717, 1.165) is 41.8 Å². The Morgan fingerprint density at radius 1 is 0.826 bits per heavy atom. The number of nitrogens with one attached hydrogen (secondary N) is 1. The Bertz CT molecular complexity index is 2700. The smallest absolute Gasteiger partial charge is 0.421 e. The molecule has 14 nitrogen and oxygen atoms in total. The van der Waals surface area contributed by atoms with Crippen LogP contribution in [-0.4, -0.2) is 95.7 Å². The number of anilines is 1. The van der Waals surface area contributed by atoms with Gasteiger partial charge in [0.15, 0.2) is 0 Å². The molecule has 4 aliphatic rings. The lowest BCUT2D eigenvalue weighted by Gasteiger charge is -2.46. The van der Waals surface area contributed by atoms with Gasteiger partial charge in [-0.2, -0.15) is 0 Å². The van der Waals surface area contributed by atoms with Gasteiger partial charge < -0.3 is 34.5 Å². The minimum atomic E-state index is -2.07. The number of amides is 3. The second-order valence-corrected chi connectivity index (χ2v) is 17.9. The van der Waals surface area contributed by atoms with Crippen molar-refractivity contribution in [2.75, 3.05) is 45.0 Å². The molecule has 0 bridgehead atoms. The number of morpholine rings is 1. The predicted molar refractivity (Wildman–Crippen MR) is 255 cm³/mol. The van der Waals surface area contributed by atoms with Gasteiger partial charge in [-0.3, -0.25) is 24.3 Å². The van der Waals surface area contributed by atoms with Crippen LogP contribution < -0.4 is 15.0 Å². The van der Waals surface area contributed by atoms with E-state index in [4.69, 9.17) is 18.9 Å². The zero-order chi connectivity index (χ0) is 48.0. The fraction of sp³-hybridized carbons (Fsp3) is 0.364. The average Bonchev–Trinajstić information content (AvgIpc) is 3.71. The molecule has 0 unspecified atom stereocenters. The van der Waals surface area contributed by atoms with Gasteiger partial charge in [-0.25, -0.2) is 9.69 Å². The number of methoxy groups -OCH3 is 1. The number of carbonyl (C=O) groups is 4. The summed E-state index contributed by atoms with van der Waals surface area (Å²) >= 11 is 0. The Morgan fingerprint density at radius 2 is 1.55 bits per heavy atom. The highest BCUT2D eigenvalue weighted by Gasteiger charge is 2.75. The van der Waals surface area contributed by atoms with Crippen LogP contribution in [0.3, 0.4) is 0 Å². The quantitative estimate of drug-likeness (QED) is 0.0494. The Hall–Kier alpha value is -6.89. The molecule has 5 aromatic rings. The van der Waals surface area contributed by atoms with E-state index in [1.165, 1.54) is 7.11 Å². The summed E-state index contributed by atoms with van der Waals surface area (Å²) in [4.78, 5) is 69.5. The number of cyclic esters (lactones) is 1. The molecule has 1 aliphatic carbocycles. The number of imide groups is 1. The summed E-state index contributed by atoms with van der Waals surface area (Å²) < 4.78 is 23.5. The molecule has 2 saturated heterocycles. The van der Waals surface area contributed by atoms with E-state index < -0.39 is 65.0 Å². The molecule has 4 aromatic carbocycles. The molecule has 14 heteroatoms. The first-order chi connectivity index (χ1) is 33.7. The first-order valence-corrected chi connectivity index (χ1v) is 23.7. The number of hydrogen-bond donors (Lipinski definition) is 3. The van der Waals surface area contributed by atoms with Gasteiger partial charge in [0.05, 0.1) is 36.9 Å². The maximum Gasteiger partial charge on any atom is 0.421 e. The van der Waals surface area contributed by atoms with E-state index in [-0.39, 0.29) is 44.2 Å². The zero-order valence-electron chi connectivity index (χ0n) is 38.5. The van der Waals surface area contributed by atoms with Gasteiger partial charge in [-0.05, 0) is 90.4 Å². The van der Waals surface area contributed by atoms with Crippen molar-refractivity contribution in [3.05, 3.63) is 161 Å². The van der Waals surface area contributed by atoms with Crippen LogP contribution in [0.4, 0.5) is 10.5 Å². The van der Waals surface area contributed by atoms with Crippen molar-refractivity contribution in [1.29, 1.82) is 0 Å². The van der Waals surface area contributed by atoms with E-state index >= 15 is 14.4 Å². The first kappa shape index (κ1) is 47.2. The SMILES string of the molecule is COCCOC(=O)N1C(=O)[C@@]2(c3cc(C#CC4(O)CCCCCC4)ccc31)[C@H](c1cccc(OCCO)c1)N1[C@H](c3ccccc3)[C@H](c3ccccc3)OC(=O)[C@H]1[C@@H]2C(=O)NCCc1ccccn1. The number of benzene rings is 4. The number of aromatic nitrogens is 1. The molecule has 9 rings (SSSR count). The summed E-state index contributed by atoms with van der Waals surface area (Å²) in [7, 11) is 1.47. The minimum Gasteiger partial charge on any atom is -0.491 e. The van der Waals surface area contributed by atoms with Gasteiger partial charge in [0.2, 0.25) is 11.8 Å². The van der Waals surface area contributed by atoms with Gasteiger partial charge in [-0.15, -0.1) is 0 Å². The molecule has 0 radical (unpaired) electrons. The number of carbonyl (C=O) groups excluding carboxylic acids is 4. The van der Waals surface area contributed by atoms with Crippen molar-refractivity contribution in [2.24, 2.45) is 5.92 Å². The molecule has 69 heavy (non-hydrogen) atoms. The minimum absolute atomic E-state index is 0.0286. The van der Waals surface area contributed by atoms with Crippen molar-refractivity contribution in [3.8, 4) is 17.6 Å². The summed E-state index contributed by atoms with van der Waals surface area (Å²) in [6, 6.07) is 33.0. The van der Waals surface area contributed by atoms with Crippen LogP contribution in [0.2, 0.25) is 0 Å². The molecule has 3 amide bonds. The third-order valence-electron chi connectivity index (χ3n) is 13.7. The fourth-order valence-corrected chi connectivity index (χ4v) is 10.8. The van der Waals surface area contributed by atoms with Gasteiger partial charge in [-0.1, -0.05) is 104 Å². The number of pyridine rings is 1. The molecule has 1 spiro atoms. The largest absolute Gasteiger partial charge is 0.491 e. The van der Waals surface area contributed by atoms with Crippen LogP contribution >= 0.6 is 0 Å². The van der Waals surface area contributed by atoms with Crippen LogP contribution in [0, 0.1) is 17.8 Å². The molecule has 3 fully saturated rings. The molecule has 6 atom stereocenters. The average molecular weight is 933 g/mol. The van der Waals surface area contributed by atoms with E-state index in [9.17, 15) is 15.0 Å². The van der Waals surface area contributed by atoms with Crippen molar-refractivity contribution in [1.82, 2.24) is 15.2 Å². The van der Waals surface area contributed by atoms with Crippen molar-refractivity contribution >= 4 is 29.6 Å². The number of hydrogen-bond acceptors (Lipinski definition) is 12. The van der Waals surface area contributed by atoms with Gasteiger partial charge in [0, 0.05) is 37.5 Å². The number of nitrogens with zero attached hydrogens (tertiary/aromatic N) is 3. The normalized spacial score (nSPS) is 23.8. The van der Waals surface area contributed by atoms with Crippen LogP contribution in [0.5, 0.6) is 5.75 Å². The highest BCUT2D eigenvalue weighted by molar-refractivity contribution is 6.23. The van der Waals surface area contributed by atoms with Gasteiger partial charge >= 0.3 is 12.1 Å². The lowest BCUT2D eigenvalue weighted by Crippen LogP contribution is -2.56. The zero-order valence-corrected chi connectivity index (χ0v) is 38.5. The van der Waals surface area contributed by atoms with Crippen LogP contribution in [0.1, 0.15) is 90.2 Å². The third kappa shape index (κ3) is 9.23. The maximum absolute atomic E-state index is 16.4. The molecule has 3 aliphatic heterocycles. The monoisotopic (exact) mass is 932 g/mol. The first-order valence-electron chi connectivity index (χ1n) is 23.7. The standard InChI is InChI=1S/C55H56N4O10/c1-66-33-34-68-53(64)58-44-23-22-37(24-28-54(65)26-11-2-3-12-27-54)35-43(44)55(52(58)63)45(50(61)57-30-25-41-20-10-13-29-56-41)47-51(62)69-48(39-17-8-5-9-18-39)46(38-15-6-4-7-16-38)59(47)49(55)40-19-14-21-42(36-40)67-32-31-60/h4-10,13-23,29,35-36,45-49,60,65H,2-3,11-12,25-27,30-34H2,1H3,(H,57,61)/t45-,46-,47-,48+,49+,55-/m1/s1. The molecule has 4 heterocycles. The number of fused-ring (bicyclic) bond motifs is 3. The van der Waals surface area contributed by atoms with E-state index in [0.29, 0.717) is 41.7 Å². The Balaban J connectivity index is 1.32. The highest BCUT2D eigenvalue weighted by Crippen LogP contribution is 2.66. The Morgan fingerprint density at radius 3 is 2.26 bits per heavy atom. The molecular weight excluding hydrogens is 877 g/mol. The van der Waals surface area contributed by atoms with Crippen molar-refractivity contribution in [2.45, 2.75) is 80.2 Å². The number of aliphatic hydroxyl groups excluding tert-OH is 1. The number of esters is 1. The Labute approximate surface area is 401 Å². The second-order valence-electron chi connectivity index (χ2n) is 17.9. The van der Waals surface area contributed by atoms with E-state index in [2.05, 4.69) is 22.1 Å². The van der Waals surface area contributed by atoms with Crippen LogP contribution in [0.25, 0.3) is 0 Å². The van der Waals surface area contributed by atoms with Crippen LogP contribution in [0.15, 0.2) is 128 Å². The van der Waals surface area contributed by atoms with E-state index in [1.807, 2.05) is 83.8 Å². The molecular formula is C55H56N4O10. The lowest BCUT2D eigenvalue weighted by atomic mass is 9.65. The predicted octanol–water partition coefficient (Wildman–Crippen LogP) is 6.70. The third-order valence-corrected chi connectivity index (χ3v) is 13.7. The van der Waals surface area contributed by atoms with Gasteiger partial charge in [0.25, 0.3) is 0 Å². The summed E-state index contributed by atoms with van der Waals surface area (Å²) in [5, 5.41) is 24.6. The van der Waals surface area contributed by atoms with Crippen molar-refractivity contribution in [3.63, 3.8) is 0 Å². The molecule has 3 N–H and O–H groups in total. The summed E-state index contributed by atoms with van der Waals surface area (Å²) in [6.07, 6.45) is 4.74. The molecule has 1 aromatic heterocycles. The molecule has 1 saturated carbocycles. The Kier molecular flexibility index (Phi) is 14.2. The summed E-state index contributed by atoms with van der Waals surface area (Å²) in [6.45, 7) is -0.320.